The third-order valence-corrected chi connectivity index (χ3v) is 4.00. The third kappa shape index (κ3) is 2.56. The van der Waals surface area contributed by atoms with Crippen molar-refractivity contribution in [2.45, 2.75) is 26.7 Å². The standard InChI is InChI=1S/C12H18N4S/c1-8-9(2)17-12-10(8)11(15-7-16-12)14-6-4-3-5-13/h7H,3-6,13H2,1-2H3,(H,14,15,16). The molecule has 0 saturated heterocycles. The molecule has 0 aliphatic rings. The quantitative estimate of drug-likeness (QED) is 0.800. The predicted molar refractivity (Wildman–Crippen MR) is 73.7 cm³/mol. The number of fused-ring (bicyclic) bond motifs is 1. The summed E-state index contributed by atoms with van der Waals surface area (Å²) in [5.74, 6) is 0.953. The van der Waals surface area contributed by atoms with Crippen LogP contribution in [0.3, 0.4) is 0 Å². The first-order valence-electron chi connectivity index (χ1n) is 5.88. The summed E-state index contributed by atoms with van der Waals surface area (Å²) in [6, 6.07) is 0. The number of unbranched alkanes of at least 4 members (excludes halogenated alkanes) is 1. The fourth-order valence-electron chi connectivity index (χ4n) is 1.79. The molecule has 92 valence electrons. The van der Waals surface area contributed by atoms with E-state index in [1.165, 1.54) is 15.8 Å². The smallest absolute Gasteiger partial charge is 0.138 e. The number of aromatic nitrogens is 2. The zero-order chi connectivity index (χ0) is 12.3. The summed E-state index contributed by atoms with van der Waals surface area (Å²) in [4.78, 5) is 11.0. The van der Waals surface area contributed by atoms with E-state index in [1.54, 1.807) is 17.7 Å². The minimum atomic E-state index is 0.747. The lowest BCUT2D eigenvalue weighted by Crippen LogP contribution is -2.07. The number of aryl methyl sites for hydroxylation is 2. The van der Waals surface area contributed by atoms with Crippen LogP contribution in [0.15, 0.2) is 6.33 Å². The number of hydrogen-bond donors (Lipinski definition) is 2. The van der Waals surface area contributed by atoms with Crippen molar-refractivity contribution >= 4 is 27.4 Å². The molecular formula is C12H18N4S. The molecule has 0 aliphatic heterocycles. The SMILES string of the molecule is Cc1sc2ncnc(NCCCCN)c2c1C. The fourth-order valence-corrected chi connectivity index (χ4v) is 2.79. The Morgan fingerprint density at radius 2 is 2.12 bits per heavy atom. The lowest BCUT2D eigenvalue weighted by molar-refractivity contribution is 0.773. The molecule has 0 bridgehead atoms. The van der Waals surface area contributed by atoms with Crippen molar-refractivity contribution in [3.05, 3.63) is 16.8 Å². The van der Waals surface area contributed by atoms with Crippen LogP contribution in [0, 0.1) is 13.8 Å². The van der Waals surface area contributed by atoms with Gasteiger partial charge >= 0.3 is 0 Å². The largest absolute Gasteiger partial charge is 0.369 e. The lowest BCUT2D eigenvalue weighted by atomic mass is 10.2. The van der Waals surface area contributed by atoms with Crippen molar-refractivity contribution in [1.82, 2.24) is 9.97 Å². The number of thiophene rings is 1. The Balaban J connectivity index is 2.21. The topological polar surface area (TPSA) is 63.8 Å². The van der Waals surface area contributed by atoms with Crippen molar-refractivity contribution in [3.63, 3.8) is 0 Å². The van der Waals surface area contributed by atoms with Gasteiger partial charge in [0, 0.05) is 11.4 Å². The summed E-state index contributed by atoms with van der Waals surface area (Å²) < 4.78 is 0. The number of nitrogens with zero attached hydrogens (tertiary/aromatic N) is 2. The van der Waals surface area contributed by atoms with Crippen LogP contribution in [0.2, 0.25) is 0 Å². The van der Waals surface area contributed by atoms with Gasteiger partial charge in [0.2, 0.25) is 0 Å². The van der Waals surface area contributed by atoms with Crippen LogP contribution in [-0.2, 0) is 0 Å². The van der Waals surface area contributed by atoms with Crippen LogP contribution in [0.25, 0.3) is 10.2 Å². The highest BCUT2D eigenvalue weighted by Crippen LogP contribution is 2.32. The molecule has 0 aromatic carbocycles. The number of rotatable bonds is 5. The van der Waals surface area contributed by atoms with Gasteiger partial charge in [0.15, 0.2) is 0 Å². The van der Waals surface area contributed by atoms with Gasteiger partial charge in [-0.1, -0.05) is 0 Å². The Bertz CT molecular complexity index is 506. The zero-order valence-corrected chi connectivity index (χ0v) is 11.1. The summed E-state index contributed by atoms with van der Waals surface area (Å²) in [5.41, 5.74) is 6.76. The maximum Gasteiger partial charge on any atom is 0.138 e. The van der Waals surface area contributed by atoms with Gasteiger partial charge in [-0.2, -0.15) is 0 Å². The van der Waals surface area contributed by atoms with Gasteiger partial charge in [0.1, 0.15) is 17.0 Å². The average Bonchev–Trinajstić information content (AvgIpc) is 2.62. The van der Waals surface area contributed by atoms with Gasteiger partial charge in [-0.05, 0) is 38.8 Å². The molecule has 2 aromatic heterocycles. The van der Waals surface area contributed by atoms with E-state index >= 15 is 0 Å². The van der Waals surface area contributed by atoms with Crippen LogP contribution in [0.5, 0.6) is 0 Å². The molecular weight excluding hydrogens is 232 g/mol. The molecule has 3 N–H and O–H groups in total. The molecule has 0 atom stereocenters. The lowest BCUT2D eigenvalue weighted by Gasteiger charge is -2.06. The molecule has 2 heterocycles. The first kappa shape index (κ1) is 12.3. The van der Waals surface area contributed by atoms with Crippen molar-refractivity contribution in [2.24, 2.45) is 5.73 Å². The van der Waals surface area contributed by atoms with E-state index in [0.717, 1.165) is 36.6 Å². The molecule has 2 rings (SSSR count). The molecule has 0 saturated carbocycles. The second-order valence-electron chi connectivity index (χ2n) is 4.11. The molecule has 0 amide bonds. The van der Waals surface area contributed by atoms with Crippen molar-refractivity contribution in [2.75, 3.05) is 18.4 Å². The number of hydrogen-bond acceptors (Lipinski definition) is 5. The van der Waals surface area contributed by atoms with E-state index in [1.807, 2.05) is 0 Å². The molecule has 5 heteroatoms. The van der Waals surface area contributed by atoms with Gasteiger partial charge in [-0.3, -0.25) is 0 Å². The van der Waals surface area contributed by atoms with Gasteiger partial charge in [0.25, 0.3) is 0 Å². The zero-order valence-electron chi connectivity index (χ0n) is 10.3. The van der Waals surface area contributed by atoms with Gasteiger partial charge in [0.05, 0.1) is 5.39 Å². The molecule has 2 aromatic rings. The van der Waals surface area contributed by atoms with Crippen LogP contribution in [-0.4, -0.2) is 23.1 Å². The average molecular weight is 250 g/mol. The number of anilines is 1. The first-order chi connectivity index (χ1) is 8.24. The van der Waals surface area contributed by atoms with E-state index in [9.17, 15) is 0 Å². The van der Waals surface area contributed by atoms with E-state index in [0.29, 0.717) is 0 Å². The van der Waals surface area contributed by atoms with Crippen LogP contribution >= 0.6 is 11.3 Å². The highest BCUT2D eigenvalue weighted by Gasteiger charge is 2.10. The fraction of sp³-hybridized carbons (Fsp3) is 0.500. The normalized spacial score (nSPS) is 11.0. The van der Waals surface area contributed by atoms with E-state index in [-0.39, 0.29) is 0 Å². The summed E-state index contributed by atoms with van der Waals surface area (Å²) in [6.45, 7) is 5.91. The Kier molecular flexibility index (Phi) is 3.91. The Hall–Kier alpha value is -1.20. The van der Waals surface area contributed by atoms with Crippen molar-refractivity contribution in [1.29, 1.82) is 0 Å². The Morgan fingerprint density at radius 3 is 2.88 bits per heavy atom. The number of nitrogens with two attached hydrogens (primary N) is 1. The number of nitrogens with one attached hydrogen (secondary N) is 1. The summed E-state index contributed by atoms with van der Waals surface area (Å²) >= 11 is 1.73. The second-order valence-corrected chi connectivity index (χ2v) is 5.31. The van der Waals surface area contributed by atoms with E-state index < -0.39 is 0 Å². The molecule has 4 nitrogen and oxygen atoms in total. The molecule has 0 fully saturated rings. The molecule has 0 aliphatic carbocycles. The van der Waals surface area contributed by atoms with Gasteiger partial charge < -0.3 is 11.1 Å². The van der Waals surface area contributed by atoms with Crippen LogP contribution in [0.4, 0.5) is 5.82 Å². The summed E-state index contributed by atoms with van der Waals surface area (Å²) in [5, 5.41) is 4.55. The third-order valence-electron chi connectivity index (χ3n) is 2.89. The summed E-state index contributed by atoms with van der Waals surface area (Å²) in [7, 11) is 0. The van der Waals surface area contributed by atoms with Crippen LogP contribution in [0.1, 0.15) is 23.3 Å². The van der Waals surface area contributed by atoms with Gasteiger partial charge in [-0.25, -0.2) is 9.97 Å². The van der Waals surface area contributed by atoms with Crippen molar-refractivity contribution in [3.8, 4) is 0 Å². The van der Waals surface area contributed by atoms with Crippen molar-refractivity contribution < 1.29 is 0 Å². The maximum atomic E-state index is 5.47. The predicted octanol–water partition coefficient (Wildman–Crippen LogP) is 2.46. The minimum Gasteiger partial charge on any atom is -0.369 e. The molecule has 0 spiro atoms. The molecule has 17 heavy (non-hydrogen) atoms. The highest BCUT2D eigenvalue weighted by atomic mass is 32.1. The minimum absolute atomic E-state index is 0.747. The monoisotopic (exact) mass is 250 g/mol. The Morgan fingerprint density at radius 1 is 1.29 bits per heavy atom. The van der Waals surface area contributed by atoms with E-state index in [2.05, 4.69) is 29.1 Å². The second kappa shape index (κ2) is 5.42. The highest BCUT2D eigenvalue weighted by molar-refractivity contribution is 7.18. The Labute approximate surface area is 105 Å². The molecule has 0 radical (unpaired) electrons. The van der Waals surface area contributed by atoms with Crippen LogP contribution < -0.4 is 11.1 Å². The molecule has 0 unspecified atom stereocenters. The summed E-state index contributed by atoms with van der Waals surface area (Å²) in [6.07, 6.45) is 3.75. The van der Waals surface area contributed by atoms with E-state index in [4.69, 9.17) is 5.73 Å². The first-order valence-corrected chi connectivity index (χ1v) is 6.70. The van der Waals surface area contributed by atoms with Gasteiger partial charge in [-0.15, -0.1) is 11.3 Å². The maximum absolute atomic E-state index is 5.47.